The number of rotatable bonds is 31. The minimum Gasteiger partial charge on any atom is -0.465 e. The normalized spacial score (nSPS) is 21.7. The van der Waals surface area contributed by atoms with E-state index in [0.717, 1.165) is 44.9 Å². The Morgan fingerprint density at radius 1 is 0.638 bits per heavy atom. The number of hydrogen-bond donors (Lipinski definition) is 3. The molecule has 0 radical (unpaired) electrons. The van der Waals surface area contributed by atoms with Gasteiger partial charge < -0.3 is 39.0 Å². The van der Waals surface area contributed by atoms with Crippen LogP contribution in [-0.4, -0.2) is 90.4 Å². The summed E-state index contributed by atoms with van der Waals surface area (Å²) in [6, 6.07) is 0. The molecule has 11 nitrogen and oxygen atoms in total. The average molecular weight is 675 g/mol. The van der Waals surface area contributed by atoms with Gasteiger partial charge in [0.15, 0.2) is 12.4 Å². The molecule has 0 aromatic rings. The van der Waals surface area contributed by atoms with Gasteiger partial charge in [0.25, 0.3) is 6.47 Å². The van der Waals surface area contributed by atoms with E-state index in [1.807, 2.05) is 0 Å². The van der Waals surface area contributed by atoms with Crippen LogP contribution >= 0.6 is 0 Å². The van der Waals surface area contributed by atoms with Crippen LogP contribution < -0.4 is 0 Å². The van der Waals surface area contributed by atoms with Crippen molar-refractivity contribution in [2.75, 3.05) is 19.8 Å². The average Bonchev–Trinajstić information content (AvgIpc) is 3.06. The summed E-state index contributed by atoms with van der Waals surface area (Å²) in [7, 11) is 0. The molecule has 47 heavy (non-hydrogen) atoms. The largest absolute Gasteiger partial charge is 0.465 e. The van der Waals surface area contributed by atoms with E-state index in [2.05, 4.69) is 18.6 Å². The first-order chi connectivity index (χ1) is 22.8. The lowest BCUT2D eigenvalue weighted by atomic mass is 9.99. The van der Waals surface area contributed by atoms with Gasteiger partial charge in [-0.1, -0.05) is 129 Å². The van der Waals surface area contributed by atoms with E-state index in [1.165, 1.54) is 77.0 Å². The topological polar surface area (TPSA) is 158 Å². The van der Waals surface area contributed by atoms with Gasteiger partial charge in [0.1, 0.15) is 37.6 Å². The second-order valence-corrected chi connectivity index (χ2v) is 12.9. The zero-order valence-corrected chi connectivity index (χ0v) is 29.3. The number of aliphatic hydroxyl groups excluding tert-OH is 3. The van der Waals surface area contributed by atoms with Gasteiger partial charge in [0.05, 0.1) is 6.61 Å². The van der Waals surface area contributed by atoms with Crippen molar-refractivity contribution in [3.05, 3.63) is 0 Å². The van der Waals surface area contributed by atoms with Gasteiger partial charge in [-0.15, -0.1) is 0 Å². The Labute approximate surface area is 283 Å². The minimum absolute atomic E-state index is 0.178. The molecule has 1 saturated heterocycles. The highest BCUT2D eigenvalue weighted by molar-refractivity contribution is 5.70. The third-order valence-electron chi connectivity index (χ3n) is 8.64. The fraction of sp³-hybridized carbons (Fsp3) is 0.917. The lowest BCUT2D eigenvalue weighted by molar-refractivity contribution is -0.305. The SMILES string of the molecule is CCCCCCCCCCCCCCCC(=O)O[C@H](COC(=O)CCCCCCCCC)CO[C@@H]1O[C@H](COC=O)[C@H](O)[C@H](O)[C@H]1O. The van der Waals surface area contributed by atoms with Gasteiger partial charge in [0, 0.05) is 12.8 Å². The van der Waals surface area contributed by atoms with Crippen molar-refractivity contribution in [1.82, 2.24) is 0 Å². The van der Waals surface area contributed by atoms with Crippen LogP contribution in [-0.2, 0) is 38.1 Å². The van der Waals surface area contributed by atoms with E-state index >= 15 is 0 Å². The molecular formula is C36H66O11. The third-order valence-corrected chi connectivity index (χ3v) is 8.64. The van der Waals surface area contributed by atoms with E-state index in [1.54, 1.807) is 0 Å². The summed E-state index contributed by atoms with van der Waals surface area (Å²) in [4.78, 5) is 35.6. The summed E-state index contributed by atoms with van der Waals surface area (Å²) in [5.41, 5.74) is 0. The Morgan fingerprint density at radius 3 is 1.60 bits per heavy atom. The van der Waals surface area contributed by atoms with Gasteiger partial charge in [-0.05, 0) is 12.8 Å². The fourth-order valence-corrected chi connectivity index (χ4v) is 5.66. The van der Waals surface area contributed by atoms with Crippen LogP contribution in [0, 0.1) is 0 Å². The maximum atomic E-state index is 12.7. The summed E-state index contributed by atoms with van der Waals surface area (Å²) in [6.07, 6.45) is 15.3. The smallest absolute Gasteiger partial charge is 0.306 e. The Balaban J connectivity index is 2.47. The number of carbonyl (C=O) groups excluding carboxylic acids is 3. The molecule has 0 aromatic heterocycles. The molecule has 1 aliphatic heterocycles. The molecular weight excluding hydrogens is 608 g/mol. The minimum atomic E-state index is -1.62. The second kappa shape index (κ2) is 29.2. The molecule has 0 bridgehead atoms. The quantitative estimate of drug-likeness (QED) is 0.0340. The summed E-state index contributed by atoms with van der Waals surface area (Å²) >= 11 is 0. The fourth-order valence-electron chi connectivity index (χ4n) is 5.66. The predicted molar refractivity (Wildman–Crippen MR) is 178 cm³/mol. The summed E-state index contributed by atoms with van der Waals surface area (Å²) in [6.45, 7) is 3.71. The van der Waals surface area contributed by atoms with Gasteiger partial charge in [-0.3, -0.25) is 14.4 Å². The van der Waals surface area contributed by atoms with Crippen molar-refractivity contribution in [3.8, 4) is 0 Å². The number of hydrogen-bond acceptors (Lipinski definition) is 11. The lowest BCUT2D eigenvalue weighted by Crippen LogP contribution is -2.59. The monoisotopic (exact) mass is 674 g/mol. The van der Waals surface area contributed by atoms with Crippen LogP contribution in [0.1, 0.15) is 155 Å². The van der Waals surface area contributed by atoms with Gasteiger partial charge in [0.2, 0.25) is 0 Å². The Kier molecular flexibility index (Phi) is 26.8. The highest BCUT2D eigenvalue weighted by atomic mass is 16.7. The van der Waals surface area contributed by atoms with Gasteiger partial charge in [-0.25, -0.2) is 0 Å². The molecule has 276 valence electrons. The summed E-state index contributed by atoms with van der Waals surface area (Å²) in [5.74, 6) is -0.836. The van der Waals surface area contributed by atoms with Crippen LogP contribution in [0.15, 0.2) is 0 Å². The second-order valence-electron chi connectivity index (χ2n) is 12.9. The van der Waals surface area contributed by atoms with Crippen LogP contribution in [0.5, 0.6) is 0 Å². The molecule has 0 spiro atoms. The van der Waals surface area contributed by atoms with Gasteiger partial charge >= 0.3 is 11.9 Å². The molecule has 3 N–H and O–H groups in total. The van der Waals surface area contributed by atoms with Crippen LogP contribution in [0.4, 0.5) is 0 Å². The van der Waals surface area contributed by atoms with Crippen molar-refractivity contribution in [2.24, 2.45) is 0 Å². The number of esters is 2. The molecule has 0 unspecified atom stereocenters. The Hall–Kier alpha value is -1.79. The van der Waals surface area contributed by atoms with Crippen LogP contribution in [0.2, 0.25) is 0 Å². The maximum Gasteiger partial charge on any atom is 0.306 e. The molecule has 1 fully saturated rings. The maximum absolute atomic E-state index is 12.7. The van der Waals surface area contributed by atoms with E-state index < -0.39 is 48.7 Å². The number of ether oxygens (including phenoxy) is 5. The molecule has 1 heterocycles. The van der Waals surface area contributed by atoms with E-state index in [9.17, 15) is 29.7 Å². The highest BCUT2D eigenvalue weighted by Gasteiger charge is 2.45. The Bertz CT molecular complexity index is 780. The first-order valence-electron chi connectivity index (χ1n) is 18.6. The molecule has 0 amide bonds. The van der Waals surface area contributed by atoms with Crippen molar-refractivity contribution in [1.29, 1.82) is 0 Å². The third kappa shape index (κ3) is 21.7. The van der Waals surface area contributed by atoms with Crippen LogP contribution in [0.25, 0.3) is 0 Å². The van der Waals surface area contributed by atoms with E-state index in [4.69, 9.17) is 18.9 Å². The van der Waals surface area contributed by atoms with Crippen molar-refractivity contribution < 1.29 is 53.4 Å². The number of aliphatic hydroxyl groups is 3. The molecule has 11 heteroatoms. The summed E-state index contributed by atoms with van der Waals surface area (Å²) in [5, 5.41) is 30.7. The standard InChI is InChI=1S/C36H66O11/c1-3-5-7-9-11-12-13-14-15-16-18-20-22-24-32(39)46-29(25-44-31(38)23-21-19-17-10-8-6-4-2)26-45-36-35(42)34(41)33(40)30(47-36)27-43-28-37/h28-30,33-36,40-42H,3-27H2,1-2H3/t29-,30-,33+,34+,35-,36-/m1/s1. The molecule has 6 atom stereocenters. The predicted octanol–water partition coefficient (Wildman–Crippen LogP) is 6.06. The molecule has 1 aliphatic rings. The number of carbonyl (C=O) groups is 3. The van der Waals surface area contributed by atoms with E-state index in [0.29, 0.717) is 6.42 Å². The zero-order chi connectivity index (χ0) is 34.5. The summed E-state index contributed by atoms with van der Waals surface area (Å²) < 4.78 is 26.8. The Morgan fingerprint density at radius 2 is 1.11 bits per heavy atom. The van der Waals surface area contributed by atoms with Crippen molar-refractivity contribution in [3.63, 3.8) is 0 Å². The lowest BCUT2D eigenvalue weighted by Gasteiger charge is -2.40. The van der Waals surface area contributed by atoms with Gasteiger partial charge in [-0.2, -0.15) is 0 Å². The first kappa shape index (κ1) is 43.2. The molecule has 0 aromatic carbocycles. The highest BCUT2D eigenvalue weighted by Crippen LogP contribution is 2.23. The molecule has 1 rings (SSSR count). The van der Waals surface area contributed by atoms with Crippen molar-refractivity contribution >= 4 is 18.4 Å². The van der Waals surface area contributed by atoms with E-state index in [-0.39, 0.29) is 39.1 Å². The van der Waals surface area contributed by atoms with Crippen molar-refractivity contribution in [2.45, 2.75) is 192 Å². The molecule has 0 saturated carbocycles. The zero-order valence-electron chi connectivity index (χ0n) is 29.3. The van der Waals surface area contributed by atoms with Crippen LogP contribution in [0.3, 0.4) is 0 Å². The molecule has 0 aliphatic carbocycles. The first-order valence-corrected chi connectivity index (χ1v) is 18.6. The number of unbranched alkanes of at least 4 members (excludes halogenated alkanes) is 18.